The van der Waals surface area contributed by atoms with Crippen molar-refractivity contribution in [2.75, 3.05) is 23.7 Å². The second-order valence-electron chi connectivity index (χ2n) is 5.92. The number of anilines is 2. The van der Waals surface area contributed by atoms with Crippen molar-refractivity contribution in [2.24, 2.45) is 0 Å². The van der Waals surface area contributed by atoms with Crippen molar-refractivity contribution in [3.05, 3.63) is 59.7 Å². The topological polar surface area (TPSA) is 29.3 Å². The van der Waals surface area contributed by atoms with E-state index in [1.807, 2.05) is 6.07 Å². The van der Waals surface area contributed by atoms with Gasteiger partial charge >= 0.3 is 0 Å². The van der Waals surface area contributed by atoms with E-state index in [-0.39, 0.29) is 0 Å². The van der Waals surface area contributed by atoms with Gasteiger partial charge < -0.3 is 10.6 Å². The fourth-order valence-electron chi connectivity index (χ4n) is 3.20. The van der Waals surface area contributed by atoms with Crippen molar-refractivity contribution in [3.8, 4) is 0 Å². The predicted molar refractivity (Wildman–Crippen MR) is 90.8 cm³/mol. The molecule has 1 heterocycles. The first-order valence-electron chi connectivity index (χ1n) is 8.00. The van der Waals surface area contributed by atoms with Gasteiger partial charge in [-0.1, -0.05) is 30.3 Å². The summed E-state index contributed by atoms with van der Waals surface area (Å²) in [6.45, 7) is 2.34. The van der Waals surface area contributed by atoms with Gasteiger partial charge in [0.1, 0.15) is 0 Å². The number of nitrogens with zero attached hydrogens (tertiary/aromatic N) is 1. The number of hydrogen-bond acceptors (Lipinski definition) is 2. The molecule has 3 rings (SSSR count). The van der Waals surface area contributed by atoms with Crippen molar-refractivity contribution < 1.29 is 0 Å². The van der Waals surface area contributed by atoms with E-state index in [4.69, 9.17) is 5.73 Å². The van der Waals surface area contributed by atoms with Crippen LogP contribution in [0.25, 0.3) is 0 Å². The number of benzene rings is 2. The minimum atomic E-state index is 0.889. The third kappa shape index (κ3) is 3.57. The van der Waals surface area contributed by atoms with Crippen LogP contribution in [-0.4, -0.2) is 13.1 Å². The Hall–Kier alpha value is -1.96. The molecule has 0 saturated heterocycles. The Morgan fingerprint density at radius 3 is 2.71 bits per heavy atom. The Kier molecular flexibility index (Phi) is 4.44. The van der Waals surface area contributed by atoms with E-state index >= 15 is 0 Å². The summed E-state index contributed by atoms with van der Waals surface area (Å²) in [6.07, 6.45) is 6.10. The van der Waals surface area contributed by atoms with Gasteiger partial charge in [0.25, 0.3) is 0 Å². The standard InChI is InChI=1S/C19H24N2/c20-18-11-12-19-17(15-18)10-6-14-21(19)13-5-4-9-16-7-2-1-3-8-16/h1-3,7-8,11-12,15H,4-6,9-10,13-14,20H2. The van der Waals surface area contributed by atoms with Crippen LogP contribution in [0.1, 0.15) is 30.4 Å². The molecule has 0 atom stereocenters. The number of aryl methyl sites for hydroxylation is 2. The largest absolute Gasteiger partial charge is 0.399 e. The lowest BCUT2D eigenvalue weighted by Crippen LogP contribution is -2.30. The maximum Gasteiger partial charge on any atom is 0.0400 e. The van der Waals surface area contributed by atoms with Crippen molar-refractivity contribution >= 4 is 11.4 Å². The van der Waals surface area contributed by atoms with Crippen LogP contribution in [0.15, 0.2) is 48.5 Å². The third-order valence-corrected chi connectivity index (χ3v) is 4.30. The molecule has 2 aromatic rings. The summed E-state index contributed by atoms with van der Waals surface area (Å²) in [5.41, 5.74) is 11.1. The molecule has 2 aromatic carbocycles. The molecule has 0 radical (unpaired) electrons. The summed E-state index contributed by atoms with van der Waals surface area (Å²) < 4.78 is 0. The molecule has 1 aliphatic rings. The fraction of sp³-hybridized carbons (Fsp3) is 0.368. The molecule has 0 aliphatic carbocycles. The molecule has 2 heteroatoms. The van der Waals surface area contributed by atoms with Gasteiger partial charge in [-0.25, -0.2) is 0 Å². The number of nitrogen functional groups attached to an aromatic ring is 1. The van der Waals surface area contributed by atoms with E-state index in [0.29, 0.717) is 0 Å². The van der Waals surface area contributed by atoms with Crippen LogP contribution in [0.3, 0.4) is 0 Å². The average Bonchev–Trinajstić information content (AvgIpc) is 2.52. The van der Waals surface area contributed by atoms with E-state index in [9.17, 15) is 0 Å². The summed E-state index contributed by atoms with van der Waals surface area (Å²) in [5, 5.41) is 0. The Morgan fingerprint density at radius 2 is 1.86 bits per heavy atom. The van der Waals surface area contributed by atoms with Gasteiger partial charge in [-0.3, -0.25) is 0 Å². The number of hydrogen-bond donors (Lipinski definition) is 1. The fourth-order valence-corrected chi connectivity index (χ4v) is 3.20. The number of unbranched alkanes of at least 4 members (excludes halogenated alkanes) is 1. The maximum absolute atomic E-state index is 5.89. The van der Waals surface area contributed by atoms with E-state index in [0.717, 1.165) is 12.2 Å². The van der Waals surface area contributed by atoms with E-state index < -0.39 is 0 Å². The molecule has 0 unspecified atom stereocenters. The monoisotopic (exact) mass is 280 g/mol. The molecule has 0 amide bonds. The smallest absolute Gasteiger partial charge is 0.0400 e. The highest BCUT2D eigenvalue weighted by molar-refractivity contribution is 5.61. The minimum Gasteiger partial charge on any atom is -0.399 e. The molecule has 0 aromatic heterocycles. The molecule has 0 bridgehead atoms. The normalized spacial score (nSPS) is 14.0. The Bertz CT molecular complexity index is 577. The summed E-state index contributed by atoms with van der Waals surface area (Å²) in [6, 6.07) is 17.1. The lowest BCUT2D eigenvalue weighted by molar-refractivity contribution is 0.643. The molecule has 21 heavy (non-hydrogen) atoms. The van der Waals surface area contributed by atoms with Gasteiger partial charge in [0, 0.05) is 24.5 Å². The summed E-state index contributed by atoms with van der Waals surface area (Å²) in [5.74, 6) is 0. The van der Waals surface area contributed by atoms with Crippen molar-refractivity contribution in [1.29, 1.82) is 0 Å². The predicted octanol–water partition coefficient (Wildman–Crippen LogP) is 4.04. The molecule has 1 aliphatic heterocycles. The summed E-state index contributed by atoms with van der Waals surface area (Å²) in [7, 11) is 0. The quantitative estimate of drug-likeness (QED) is 0.661. The van der Waals surface area contributed by atoms with Crippen molar-refractivity contribution in [2.45, 2.75) is 32.1 Å². The molecular weight excluding hydrogens is 256 g/mol. The Morgan fingerprint density at radius 1 is 1.00 bits per heavy atom. The highest BCUT2D eigenvalue weighted by Crippen LogP contribution is 2.29. The number of rotatable bonds is 5. The molecular formula is C19H24N2. The van der Waals surface area contributed by atoms with E-state index in [1.54, 1.807) is 0 Å². The van der Waals surface area contributed by atoms with Gasteiger partial charge in [0.05, 0.1) is 0 Å². The molecule has 0 fully saturated rings. The van der Waals surface area contributed by atoms with Crippen LogP contribution in [0.4, 0.5) is 11.4 Å². The molecule has 110 valence electrons. The highest BCUT2D eigenvalue weighted by Gasteiger charge is 2.16. The van der Waals surface area contributed by atoms with Gasteiger partial charge in [0.2, 0.25) is 0 Å². The van der Waals surface area contributed by atoms with E-state index in [2.05, 4.69) is 47.4 Å². The second-order valence-corrected chi connectivity index (χ2v) is 5.92. The number of nitrogens with two attached hydrogens (primary N) is 1. The summed E-state index contributed by atoms with van der Waals surface area (Å²) in [4.78, 5) is 2.53. The molecule has 2 nitrogen and oxygen atoms in total. The van der Waals surface area contributed by atoms with Gasteiger partial charge in [0.15, 0.2) is 0 Å². The SMILES string of the molecule is Nc1ccc2c(c1)CCCN2CCCCc1ccccc1. The van der Waals surface area contributed by atoms with Crippen LogP contribution >= 0.6 is 0 Å². The highest BCUT2D eigenvalue weighted by atomic mass is 15.1. The Balaban J connectivity index is 1.53. The average molecular weight is 280 g/mol. The van der Waals surface area contributed by atoms with Gasteiger partial charge in [-0.2, -0.15) is 0 Å². The summed E-state index contributed by atoms with van der Waals surface area (Å²) >= 11 is 0. The molecule has 0 saturated carbocycles. The van der Waals surface area contributed by atoms with Crippen LogP contribution in [-0.2, 0) is 12.8 Å². The van der Waals surface area contributed by atoms with Crippen LogP contribution in [0, 0.1) is 0 Å². The van der Waals surface area contributed by atoms with Crippen LogP contribution < -0.4 is 10.6 Å². The van der Waals surface area contributed by atoms with Gasteiger partial charge in [-0.05, 0) is 61.4 Å². The Labute approximate surface area is 127 Å². The van der Waals surface area contributed by atoms with Crippen LogP contribution in [0.2, 0.25) is 0 Å². The molecule has 0 spiro atoms. The minimum absolute atomic E-state index is 0.889. The van der Waals surface area contributed by atoms with Gasteiger partial charge in [-0.15, -0.1) is 0 Å². The zero-order valence-electron chi connectivity index (χ0n) is 12.6. The second kappa shape index (κ2) is 6.66. The zero-order chi connectivity index (χ0) is 14.5. The zero-order valence-corrected chi connectivity index (χ0v) is 12.6. The maximum atomic E-state index is 5.89. The first-order chi connectivity index (χ1) is 10.3. The lowest BCUT2D eigenvalue weighted by atomic mass is 10.0. The van der Waals surface area contributed by atoms with Crippen molar-refractivity contribution in [1.82, 2.24) is 0 Å². The van der Waals surface area contributed by atoms with Crippen molar-refractivity contribution in [3.63, 3.8) is 0 Å². The first kappa shape index (κ1) is 14.0. The van der Waals surface area contributed by atoms with E-state index in [1.165, 1.54) is 55.5 Å². The number of fused-ring (bicyclic) bond motifs is 1. The lowest BCUT2D eigenvalue weighted by Gasteiger charge is -2.31. The molecule has 2 N–H and O–H groups in total. The van der Waals surface area contributed by atoms with Crippen LogP contribution in [0.5, 0.6) is 0 Å². The first-order valence-corrected chi connectivity index (χ1v) is 8.00. The third-order valence-electron chi connectivity index (χ3n) is 4.30.